The molecule has 1 saturated heterocycles. The van der Waals surface area contributed by atoms with Gasteiger partial charge in [-0.3, -0.25) is 0 Å². The van der Waals surface area contributed by atoms with Crippen LogP contribution in [0.5, 0.6) is 0 Å². The van der Waals surface area contributed by atoms with Gasteiger partial charge in [0.05, 0.1) is 49.0 Å². The molecule has 1 aliphatic rings. The number of aromatic nitrogens is 2. The van der Waals surface area contributed by atoms with Gasteiger partial charge in [0.2, 0.25) is 0 Å². The first-order valence-electron chi connectivity index (χ1n) is 5.77. The highest BCUT2D eigenvalue weighted by Gasteiger charge is 2.15. The first-order valence-corrected chi connectivity index (χ1v) is 6.18. The molecule has 2 heterocycles. The van der Waals surface area contributed by atoms with Crippen molar-refractivity contribution < 1.29 is 4.74 Å². The van der Waals surface area contributed by atoms with Gasteiger partial charge in [0.1, 0.15) is 0 Å². The van der Waals surface area contributed by atoms with Crippen molar-refractivity contribution in [1.82, 2.24) is 9.66 Å². The maximum atomic E-state index is 8.98. The zero-order valence-electron chi connectivity index (χ0n) is 9.72. The van der Waals surface area contributed by atoms with Crippen molar-refractivity contribution in [2.24, 2.45) is 0 Å². The number of hydrogen-bond acceptors (Lipinski definition) is 4. The summed E-state index contributed by atoms with van der Waals surface area (Å²) in [6, 6.07) is 7.69. The molecule has 6 heteroatoms. The number of ether oxygens (including phenoxy) is 1. The first kappa shape index (κ1) is 11.3. The summed E-state index contributed by atoms with van der Waals surface area (Å²) in [7, 11) is 0. The molecule has 1 aromatic carbocycles. The molecule has 3 rings (SSSR count). The molecule has 0 atom stereocenters. The molecule has 18 heavy (non-hydrogen) atoms. The van der Waals surface area contributed by atoms with Crippen LogP contribution in [0.1, 0.15) is 5.56 Å². The minimum absolute atomic E-state index is 0.638. The fraction of sp³-hybridized carbons (Fsp3) is 0.333. The Labute approximate surface area is 109 Å². The average Bonchev–Trinajstić information content (AvgIpc) is 2.74. The van der Waals surface area contributed by atoms with E-state index in [9.17, 15) is 0 Å². The zero-order chi connectivity index (χ0) is 12.5. The van der Waals surface area contributed by atoms with Gasteiger partial charge >= 0.3 is 0 Å². The van der Waals surface area contributed by atoms with Crippen molar-refractivity contribution in [3.8, 4) is 6.07 Å². The Hall–Kier alpha value is -1.84. The molecule has 0 radical (unpaired) electrons. The summed E-state index contributed by atoms with van der Waals surface area (Å²) in [5, 5.41) is 11.1. The minimum atomic E-state index is 0.638. The lowest BCUT2D eigenvalue weighted by Gasteiger charge is -2.29. The predicted octanol–water partition coefficient (Wildman–Crippen LogP) is 1.54. The molecule has 1 aromatic heterocycles. The van der Waals surface area contributed by atoms with E-state index >= 15 is 0 Å². The lowest BCUT2D eigenvalue weighted by Crippen LogP contribution is -2.43. The molecule has 0 amide bonds. The second kappa shape index (κ2) is 4.44. The number of hydrogen-bond donors (Lipinski definition) is 1. The Morgan fingerprint density at radius 2 is 2.11 bits per heavy atom. The molecule has 1 N–H and O–H groups in total. The summed E-state index contributed by atoms with van der Waals surface area (Å²) in [5.74, 6) is 0. The molecule has 0 aliphatic carbocycles. The van der Waals surface area contributed by atoms with Crippen LogP contribution >= 0.6 is 12.2 Å². The minimum Gasteiger partial charge on any atom is -0.378 e. The maximum Gasteiger partial charge on any atom is 0.197 e. The molecule has 2 aromatic rings. The van der Waals surface area contributed by atoms with E-state index < -0.39 is 0 Å². The maximum absolute atomic E-state index is 8.98. The van der Waals surface area contributed by atoms with Crippen molar-refractivity contribution in [3.05, 3.63) is 28.5 Å². The zero-order valence-corrected chi connectivity index (χ0v) is 10.5. The highest BCUT2D eigenvalue weighted by Crippen LogP contribution is 2.17. The smallest absolute Gasteiger partial charge is 0.197 e. The number of imidazole rings is 1. The average molecular weight is 260 g/mol. The normalized spacial score (nSPS) is 15.8. The van der Waals surface area contributed by atoms with Crippen LogP contribution in [0.3, 0.4) is 0 Å². The van der Waals surface area contributed by atoms with Crippen LogP contribution in [0.15, 0.2) is 18.2 Å². The van der Waals surface area contributed by atoms with E-state index in [0.29, 0.717) is 23.5 Å². The fourth-order valence-electron chi connectivity index (χ4n) is 2.19. The number of nitriles is 1. The summed E-state index contributed by atoms with van der Waals surface area (Å²) in [4.78, 5) is 3.16. The Kier molecular flexibility index (Phi) is 2.78. The summed E-state index contributed by atoms with van der Waals surface area (Å²) in [5.41, 5.74) is 2.53. The summed E-state index contributed by atoms with van der Waals surface area (Å²) >= 11 is 5.36. The molecule has 0 bridgehead atoms. The first-order chi connectivity index (χ1) is 8.79. The quantitative estimate of drug-likeness (QED) is 0.790. The second-order valence-corrected chi connectivity index (χ2v) is 4.54. The number of rotatable bonds is 1. The fourth-order valence-corrected chi connectivity index (χ4v) is 2.52. The topological polar surface area (TPSA) is 57.0 Å². The predicted molar refractivity (Wildman–Crippen MR) is 70.6 cm³/mol. The van der Waals surface area contributed by atoms with E-state index in [1.54, 1.807) is 6.07 Å². The van der Waals surface area contributed by atoms with Gasteiger partial charge in [-0.15, -0.1) is 0 Å². The molecule has 5 nitrogen and oxygen atoms in total. The second-order valence-electron chi connectivity index (χ2n) is 4.15. The monoisotopic (exact) mass is 260 g/mol. The number of nitrogens with one attached hydrogen (secondary N) is 1. The van der Waals surface area contributed by atoms with E-state index in [1.165, 1.54) is 0 Å². The Morgan fingerprint density at radius 3 is 2.83 bits per heavy atom. The lowest BCUT2D eigenvalue weighted by molar-refractivity contribution is 0.111. The van der Waals surface area contributed by atoms with Gasteiger partial charge in [-0.1, -0.05) is 0 Å². The number of benzene rings is 1. The van der Waals surface area contributed by atoms with Gasteiger partial charge < -0.3 is 14.7 Å². The van der Waals surface area contributed by atoms with Gasteiger partial charge in [0, 0.05) is 0 Å². The van der Waals surface area contributed by atoms with E-state index in [2.05, 4.69) is 16.1 Å². The number of morpholine rings is 1. The van der Waals surface area contributed by atoms with Crippen LogP contribution in [0, 0.1) is 16.1 Å². The highest BCUT2D eigenvalue weighted by atomic mass is 32.1. The van der Waals surface area contributed by atoms with Gasteiger partial charge in [0.25, 0.3) is 0 Å². The third-order valence-corrected chi connectivity index (χ3v) is 3.33. The molecule has 1 fully saturated rings. The van der Waals surface area contributed by atoms with E-state index in [-0.39, 0.29) is 0 Å². The van der Waals surface area contributed by atoms with Crippen molar-refractivity contribution in [2.45, 2.75) is 0 Å². The van der Waals surface area contributed by atoms with Crippen molar-refractivity contribution in [2.75, 3.05) is 31.3 Å². The number of H-pyrrole nitrogens is 1. The van der Waals surface area contributed by atoms with E-state index in [0.717, 1.165) is 24.1 Å². The molecule has 0 saturated carbocycles. The molecule has 0 unspecified atom stereocenters. The number of fused-ring (bicyclic) bond motifs is 1. The van der Waals surface area contributed by atoms with Gasteiger partial charge in [-0.25, -0.2) is 4.68 Å². The van der Waals surface area contributed by atoms with Crippen molar-refractivity contribution >= 4 is 23.3 Å². The van der Waals surface area contributed by atoms with Crippen LogP contribution < -0.4 is 5.01 Å². The standard InChI is InChI=1S/C12H12N4OS/c13-8-9-1-2-10-11(7-9)16(12(18)14-10)15-3-5-17-6-4-15/h1-2,7H,3-6H2,(H,14,18). The van der Waals surface area contributed by atoms with Crippen LogP contribution in [0.25, 0.3) is 11.0 Å². The number of nitrogens with zero attached hydrogens (tertiary/aromatic N) is 3. The van der Waals surface area contributed by atoms with Crippen molar-refractivity contribution in [1.29, 1.82) is 5.26 Å². The Morgan fingerprint density at radius 1 is 1.33 bits per heavy atom. The van der Waals surface area contributed by atoms with Crippen LogP contribution in [-0.2, 0) is 4.74 Å². The summed E-state index contributed by atoms with van der Waals surface area (Å²) < 4.78 is 7.96. The molecule has 1 aliphatic heterocycles. The molecular formula is C12H12N4OS. The summed E-state index contributed by atoms with van der Waals surface area (Å²) in [6.45, 7) is 3.01. The SMILES string of the molecule is N#Cc1ccc2[nH]c(=S)n(N3CCOCC3)c2c1. The highest BCUT2D eigenvalue weighted by molar-refractivity contribution is 7.71. The summed E-state index contributed by atoms with van der Waals surface area (Å²) in [6.07, 6.45) is 0. The third-order valence-electron chi connectivity index (χ3n) is 3.06. The largest absolute Gasteiger partial charge is 0.378 e. The van der Waals surface area contributed by atoms with Crippen molar-refractivity contribution in [3.63, 3.8) is 0 Å². The van der Waals surface area contributed by atoms with E-state index in [4.69, 9.17) is 22.2 Å². The van der Waals surface area contributed by atoms with Crippen LogP contribution in [0.4, 0.5) is 0 Å². The number of aromatic amines is 1. The lowest BCUT2D eigenvalue weighted by atomic mass is 10.2. The van der Waals surface area contributed by atoms with Gasteiger partial charge in [-0.05, 0) is 30.4 Å². The van der Waals surface area contributed by atoms with E-state index in [1.807, 2.05) is 16.8 Å². The van der Waals surface area contributed by atoms with Crippen LogP contribution in [-0.4, -0.2) is 36.0 Å². The Balaban J connectivity index is 2.17. The van der Waals surface area contributed by atoms with Crippen LogP contribution in [0.2, 0.25) is 0 Å². The molecule has 92 valence electrons. The van der Waals surface area contributed by atoms with Gasteiger partial charge in [0.15, 0.2) is 4.77 Å². The molecular weight excluding hydrogens is 248 g/mol. The Bertz CT molecular complexity index is 675. The molecule has 0 spiro atoms. The third kappa shape index (κ3) is 1.78. The van der Waals surface area contributed by atoms with Gasteiger partial charge in [-0.2, -0.15) is 5.26 Å².